The summed E-state index contributed by atoms with van der Waals surface area (Å²) < 4.78 is 19.7. The molecule has 2 unspecified atom stereocenters. The molecular weight excluding hydrogens is 345 g/mol. The van der Waals surface area contributed by atoms with Gasteiger partial charge in [0, 0.05) is 11.8 Å². The monoisotopic (exact) mass is 371 g/mol. The molecule has 0 amide bonds. The molecule has 0 bridgehead atoms. The van der Waals surface area contributed by atoms with E-state index in [-0.39, 0.29) is 11.8 Å². The SMILES string of the molecule is CCC(C)SP(=O)(NCC(=O)OC)N(C=Nc1ccccc1)CC. The Morgan fingerprint density at radius 2 is 2.08 bits per heavy atom. The molecule has 134 valence electrons. The van der Waals surface area contributed by atoms with Gasteiger partial charge in [0.05, 0.1) is 19.1 Å². The molecule has 2 atom stereocenters. The third-order valence-electron chi connectivity index (χ3n) is 3.31. The van der Waals surface area contributed by atoms with Gasteiger partial charge in [0.15, 0.2) is 0 Å². The van der Waals surface area contributed by atoms with Crippen molar-refractivity contribution in [3.63, 3.8) is 0 Å². The van der Waals surface area contributed by atoms with Crippen LogP contribution in [0.4, 0.5) is 5.69 Å². The smallest absolute Gasteiger partial charge is 0.320 e. The van der Waals surface area contributed by atoms with Crippen molar-refractivity contribution >= 4 is 36.0 Å². The highest BCUT2D eigenvalue weighted by Gasteiger charge is 2.31. The lowest BCUT2D eigenvalue weighted by molar-refractivity contribution is -0.139. The van der Waals surface area contributed by atoms with Crippen molar-refractivity contribution < 1.29 is 14.1 Å². The van der Waals surface area contributed by atoms with Crippen molar-refractivity contribution in [2.75, 3.05) is 20.2 Å². The van der Waals surface area contributed by atoms with Crippen molar-refractivity contribution in [1.29, 1.82) is 0 Å². The quantitative estimate of drug-likeness (QED) is 0.289. The summed E-state index contributed by atoms with van der Waals surface area (Å²) in [5.74, 6) is -0.448. The number of para-hydroxylation sites is 1. The summed E-state index contributed by atoms with van der Waals surface area (Å²) >= 11 is 1.34. The molecule has 0 aliphatic carbocycles. The van der Waals surface area contributed by atoms with Gasteiger partial charge in [-0.05, 0) is 25.5 Å². The lowest BCUT2D eigenvalue weighted by atomic mass is 10.3. The highest BCUT2D eigenvalue weighted by atomic mass is 32.7. The van der Waals surface area contributed by atoms with E-state index in [0.29, 0.717) is 6.54 Å². The lowest BCUT2D eigenvalue weighted by Crippen LogP contribution is -2.30. The van der Waals surface area contributed by atoms with Crippen molar-refractivity contribution in [3.8, 4) is 0 Å². The predicted molar refractivity (Wildman–Crippen MR) is 102 cm³/mol. The van der Waals surface area contributed by atoms with E-state index in [4.69, 9.17) is 0 Å². The van der Waals surface area contributed by atoms with Gasteiger partial charge in [-0.25, -0.2) is 10.1 Å². The summed E-state index contributed by atoms with van der Waals surface area (Å²) in [5, 5.41) is 3.06. The zero-order valence-corrected chi connectivity index (χ0v) is 16.3. The van der Waals surface area contributed by atoms with E-state index in [1.54, 1.807) is 11.0 Å². The minimum absolute atomic E-state index is 0.104. The summed E-state index contributed by atoms with van der Waals surface area (Å²) in [6.07, 6.45) is 2.46. The third-order valence-corrected chi connectivity index (χ3v) is 8.86. The average molecular weight is 371 g/mol. The number of esters is 1. The third kappa shape index (κ3) is 6.67. The van der Waals surface area contributed by atoms with E-state index in [2.05, 4.69) is 14.8 Å². The predicted octanol–water partition coefficient (Wildman–Crippen LogP) is 4.07. The maximum Gasteiger partial charge on any atom is 0.320 e. The van der Waals surface area contributed by atoms with Gasteiger partial charge >= 0.3 is 5.97 Å². The normalized spacial score (nSPS) is 15.0. The van der Waals surface area contributed by atoms with E-state index in [9.17, 15) is 9.36 Å². The first kappa shape index (κ1) is 20.7. The summed E-state index contributed by atoms with van der Waals surface area (Å²) in [4.78, 5) is 15.8. The molecule has 0 saturated heterocycles. The van der Waals surface area contributed by atoms with Crippen LogP contribution < -0.4 is 5.09 Å². The van der Waals surface area contributed by atoms with Crippen LogP contribution in [-0.2, 0) is 14.1 Å². The maximum absolute atomic E-state index is 13.4. The van der Waals surface area contributed by atoms with Crippen molar-refractivity contribution in [3.05, 3.63) is 30.3 Å². The number of hydrogen-bond acceptors (Lipinski definition) is 5. The number of hydrogen-bond donors (Lipinski definition) is 1. The number of methoxy groups -OCH3 is 1. The molecule has 0 saturated carbocycles. The number of benzene rings is 1. The van der Waals surface area contributed by atoms with Gasteiger partial charge in [-0.2, -0.15) is 0 Å². The molecule has 24 heavy (non-hydrogen) atoms. The van der Waals surface area contributed by atoms with Gasteiger partial charge in [-0.3, -0.25) is 14.0 Å². The minimum Gasteiger partial charge on any atom is -0.468 e. The van der Waals surface area contributed by atoms with E-state index < -0.39 is 12.6 Å². The number of carbonyl (C=O) groups excluding carboxylic acids is 1. The van der Waals surface area contributed by atoms with Crippen molar-refractivity contribution in [2.45, 2.75) is 32.4 Å². The number of nitrogens with one attached hydrogen (secondary N) is 1. The van der Waals surface area contributed by atoms with Gasteiger partial charge in [0.1, 0.15) is 6.54 Å². The van der Waals surface area contributed by atoms with Gasteiger partial charge in [-0.1, -0.05) is 43.4 Å². The van der Waals surface area contributed by atoms with Crippen LogP contribution in [0.3, 0.4) is 0 Å². The Morgan fingerprint density at radius 3 is 2.62 bits per heavy atom. The van der Waals surface area contributed by atoms with Crippen molar-refractivity contribution in [1.82, 2.24) is 9.76 Å². The molecule has 0 aliphatic rings. The number of rotatable bonds is 10. The largest absolute Gasteiger partial charge is 0.468 e. The average Bonchev–Trinajstić information content (AvgIpc) is 2.60. The fourth-order valence-corrected chi connectivity index (χ4v) is 6.79. The fraction of sp³-hybridized carbons (Fsp3) is 0.500. The molecule has 0 heterocycles. The number of ether oxygens (including phenoxy) is 1. The Labute approximate surface area is 148 Å². The maximum atomic E-state index is 13.4. The van der Waals surface area contributed by atoms with E-state index in [1.807, 2.05) is 51.1 Å². The summed E-state index contributed by atoms with van der Waals surface area (Å²) in [7, 11) is 1.31. The van der Waals surface area contributed by atoms with Crippen LogP contribution in [0, 0.1) is 0 Å². The first-order valence-electron chi connectivity index (χ1n) is 7.91. The van der Waals surface area contributed by atoms with Gasteiger partial charge < -0.3 is 4.74 Å². The standard InChI is InChI=1S/C16H26N3O3PS/c1-5-14(3)24-23(21,18-12-16(20)22-4)19(6-2)13-17-15-10-8-7-9-11-15/h7-11,13-14H,5-6,12H2,1-4H3,(H,18,21). The van der Waals surface area contributed by atoms with Crippen LogP contribution in [0.5, 0.6) is 0 Å². The van der Waals surface area contributed by atoms with Gasteiger partial charge in [-0.15, -0.1) is 0 Å². The number of aliphatic imine (C=N–C) groups is 1. The summed E-state index contributed by atoms with van der Waals surface area (Å²) in [6, 6.07) is 9.45. The van der Waals surface area contributed by atoms with E-state index in [1.165, 1.54) is 18.5 Å². The first-order chi connectivity index (χ1) is 11.4. The van der Waals surface area contributed by atoms with Crippen molar-refractivity contribution in [2.24, 2.45) is 4.99 Å². The minimum atomic E-state index is -3.06. The molecule has 0 aliphatic heterocycles. The zero-order valence-electron chi connectivity index (χ0n) is 14.6. The van der Waals surface area contributed by atoms with E-state index in [0.717, 1.165) is 12.1 Å². The van der Waals surface area contributed by atoms with Crippen LogP contribution in [-0.4, -0.2) is 42.4 Å². The Morgan fingerprint density at radius 1 is 1.42 bits per heavy atom. The molecule has 6 nitrogen and oxygen atoms in total. The molecule has 1 N–H and O–H groups in total. The topological polar surface area (TPSA) is 71.0 Å². The lowest BCUT2D eigenvalue weighted by Gasteiger charge is -2.30. The van der Waals surface area contributed by atoms with E-state index >= 15 is 0 Å². The van der Waals surface area contributed by atoms with Crippen LogP contribution in [0.2, 0.25) is 0 Å². The molecular formula is C16H26N3O3PS. The zero-order chi connectivity index (χ0) is 18.0. The molecule has 0 aromatic heterocycles. The summed E-state index contributed by atoms with van der Waals surface area (Å²) in [6.45, 7) is 3.30. The van der Waals surface area contributed by atoms with Crippen LogP contribution in [0.15, 0.2) is 35.3 Å². The van der Waals surface area contributed by atoms with Crippen LogP contribution >= 0.6 is 18.0 Å². The van der Waals surface area contributed by atoms with Crippen LogP contribution in [0.1, 0.15) is 27.2 Å². The fourth-order valence-electron chi connectivity index (χ4n) is 1.73. The van der Waals surface area contributed by atoms with Crippen LogP contribution in [0.25, 0.3) is 0 Å². The highest BCUT2D eigenvalue weighted by Crippen LogP contribution is 2.59. The second-order valence-electron chi connectivity index (χ2n) is 5.09. The molecule has 1 rings (SSSR count). The molecule has 0 fully saturated rings. The second kappa shape index (κ2) is 10.5. The molecule has 1 aromatic carbocycles. The molecule has 1 aromatic rings. The Kier molecular flexibility index (Phi) is 9.11. The second-order valence-corrected chi connectivity index (χ2v) is 10.1. The Bertz CT molecular complexity index is 583. The molecule has 8 heteroatoms. The number of nitrogens with zero attached hydrogens (tertiary/aromatic N) is 2. The Balaban J connectivity index is 2.97. The first-order valence-corrected chi connectivity index (χ1v) is 11.1. The molecule has 0 radical (unpaired) electrons. The van der Waals surface area contributed by atoms with Gasteiger partial charge in [0.2, 0.25) is 0 Å². The van der Waals surface area contributed by atoms with Gasteiger partial charge in [0.25, 0.3) is 6.65 Å². The Hall–Kier alpha value is -1.30. The highest BCUT2D eigenvalue weighted by molar-refractivity contribution is 8.57. The summed E-state index contributed by atoms with van der Waals surface area (Å²) in [5.41, 5.74) is 0.781. The number of carbonyl (C=O) groups is 1. The molecule has 0 spiro atoms.